The molecule has 0 amide bonds. The van der Waals surface area contributed by atoms with Gasteiger partial charge in [-0.05, 0) is 36.6 Å². The number of benzene rings is 2. The zero-order chi connectivity index (χ0) is 26.2. The molecule has 0 saturated heterocycles. The van der Waals surface area contributed by atoms with Crippen LogP contribution in [0.25, 0.3) is 22.9 Å². The summed E-state index contributed by atoms with van der Waals surface area (Å²) >= 11 is 0. The number of hydrogen-bond acceptors (Lipinski definition) is 7. The smallest absolute Gasteiger partial charge is 0.326 e. The second-order valence-corrected chi connectivity index (χ2v) is 8.81. The number of halogens is 2. The van der Waals surface area contributed by atoms with Crippen LogP contribution in [0.3, 0.4) is 0 Å². The van der Waals surface area contributed by atoms with Crippen molar-refractivity contribution >= 4 is 17.5 Å². The topological polar surface area (TPSA) is 110 Å². The normalized spacial score (nSPS) is 14.9. The molecule has 9 nitrogen and oxygen atoms in total. The summed E-state index contributed by atoms with van der Waals surface area (Å²) in [7, 11) is 0. The summed E-state index contributed by atoms with van der Waals surface area (Å²) in [6.07, 6.45) is 3.24. The summed E-state index contributed by atoms with van der Waals surface area (Å²) in [6, 6.07) is 15.9. The van der Waals surface area contributed by atoms with Gasteiger partial charge in [-0.25, -0.2) is 23.5 Å². The molecule has 0 spiro atoms. The number of hydrogen-bond donors (Lipinski definition) is 1. The monoisotopic (exact) mass is 514 g/mol. The standard InChI is InChI=1S/C27H20F2N6O3/c28-18-7-3-1-6-17(18)15-34-24(20-11-12-38-33-20)13-21(32-34)25-30-14-19(29)26(31-25)35-22-8-4-2-5-16(22)9-10-23(35)27(36)37/h1-8,11-14,23H,9-10,15H2,(H,36,37). The molecule has 190 valence electrons. The molecule has 5 aromatic rings. The van der Waals surface area contributed by atoms with Crippen LogP contribution in [0.4, 0.5) is 20.3 Å². The van der Waals surface area contributed by atoms with Crippen LogP contribution < -0.4 is 4.90 Å². The molecule has 2 aromatic carbocycles. The molecule has 1 atom stereocenters. The number of para-hydroxylation sites is 1. The van der Waals surface area contributed by atoms with E-state index in [-0.39, 0.29) is 29.7 Å². The molecule has 0 fully saturated rings. The molecular weight excluding hydrogens is 494 g/mol. The fourth-order valence-electron chi connectivity index (χ4n) is 4.68. The molecule has 0 bridgehead atoms. The van der Waals surface area contributed by atoms with E-state index in [1.54, 1.807) is 42.5 Å². The summed E-state index contributed by atoms with van der Waals surface area (Å²) in [6.45, 7) is 0.0868. The van der Waals surface area contributed by atoms with Gasteiger partial charge in [-0.3, -0.25) is 4.68 Å². The molecule has 4 heterocycles. The molecule has 38 heavy (non-hydrogen) atoms. The van der Waals surface area contributed by atoms with Crippen LogP contribution in [-0.4, -0.2) is 42.0 Å². The Bertz CT molecular complexity index is 1640. The maximum absolute atomic E-state index is 15.2. The Balaban J connectivity index is 1.46. The van der Waals surface area contributed by atoms with Crippen molar-refractivity contribution in [1.29, 1.82) is 0 Å². The van der Waals surface area contributed by atoms with E-state index in [9.17, 15) is 14.3 Å². The minimum absolute atomic E-state index is 0.0746. The van der Waals surface area contributed by atoms with Gasteiger partial charge in [0, 0.05) is 17.3 Å². The van der Waals surface area contributed by atoms with Gasteiger partial charge in [0.2, 0.25) is 0 Å². The van der Waals surface area contributed by atoms with Crippen molar-refractivity contribution < 1.29 is 23.2 Å². The quantitative estimate of drug-likeness (QED) is 0.342. The molecule has 6 rings (SSSR count). The van der Waals surface area contributed by atoms with Gasteiger partial charge in [-0.2, -0.15) is 5.10 Å². The molecule has 11 heteroatoms. The van der Waals surface area contributed by atoms with Gasteiger partial charge >= 0.3 is 5.97 Å². The van der Waals surface area contributed by atoms with E-state index in [1.165, 1.54) is 21.9 Å². The van der Waals surface area contributed by atoms with Crippen molar-refractivity contribution in [2.75, 3.05) is 4.90 Å². The van der Waals surface area contributed by atoms with Gasteiger partial charge in [0.05, 0.1) is 18.4 Å². The SMILES string of the molecule is O=C(O)C1CCc2ccccc2N1c1nc(-c2cc(-c3ccon3)n(Cc3ccccc3F)n2)ncc1F. The highest BCUT2D eigenvalue weighted by atomic mass is 19.1. The van der Waals surface area contributed by atoms with E-state index in [1.807, 2.05) is 12.1 Å². The third kappa shape index (κ3) is 4.17. The number of fused-ring (bicyclic) bond motifs is 1. The number of rotatable bonds is 6. The third-order valence-corrected chi connectivity index (χ3v) is 6.48. The molecule has 1 N–H and O–H groups in total. The van der Waals surface area contributed by atoms with Crippen LogP contribution in [0.15, 0.2) is 77.6 Å². The first-order chi connectivity index (χ1) is 18.5. The van der Waals surface area contributed by atoms with Crippen LogP contribution in [0.2, 0.25) is 0 Å². The van der Waals surface area contributed by atoms with Gasteiger partial charge in [0.1, 0.15) is 29.5 Å². The van der Waals surface area contributed by atoms with Crippen LogP contribution in [0.5, 0.6) is 0 Å². The van der Waals surface area contributed by atoms with Crippen LogP contribution in [0, 0.1) is 11.6 Å². The first kappa shape index (κ1) is 23.5. The maximum Gasteiger partial charge on any atom is 0.326 e. The lowest BCUT2D eigenvalue weighted by Gasteiger charge is -2.35. The maximum atomic E-state index is 15.2. The van der Waals surface area contributed by atoms with Gasteiger partial charge in [-0.15, -0.1) is 0 Å². The zero-order valence-corrected chi connectivity index (χ0v) is 19.8. The van der Waals surface area contributed by atoms with Crippen molar-refractivity contribution in [1.82, 2.24) is 24.9 Å². The van der Waals surface area contributed by atoms with Crippen LogP contribution in [0.1, 0.15) is 17.5 Å². The van der Waals surface area contributed by atoms with E-state index in [4.69, 9.17) is 4.52 Å². The van der Waals surface area contributed by atoms with Crippen molar-refractivity contribution in [3.63, 3.8) is 0 Å². The fraction of sp³-hybridized carbons (Fsp3) is 0.148. The minimum atomic E-state index is -1.08. The first-order valence-electron chi connectivity index (χ1n) is 11.8. The number of aromatic nitrogens is 5. The molecule has 0 radical (unpaired) electrons. The zero-order valence-electron chi connectivity index (χ0n) is 19.8. The average molecular weight is 514 g/mol. The number of carboxylic acids is 1. The molecule has 1 unspecified atom stereocenters. The number of carboxylic acid groups (broad SMARTS) is 1. The van der Waals surface area contributed by atoms with E-state index in [2.05, 4.69) is 20.2 Å². The number of aliphatic carboxylic acids is 1. The lowest BCUT2D eigenvalue weighted by molar-refractivity contribution is -0.138. The van der Waals surface area contributed by atoms with Crippen molar-refractivity contribution in [2.45, 2.75) is 25.4 Å². The van der Waals surface area contributed by atoms with Crippen molar-refractivity contribution in [3.05, 3.63) is 95.9 Å². The Morgan fingerprint density at radius 1 is 1.05 bits per heavy atom. The Morgan fingerprint density at radius 3 is 2.66 bits per heavy atom. The van der Waals surface area contributed by atoms with Crippen LogP contribution >= 0.6 is 0 Å². The molecular formula is C27H20F2N6O3. The lowest BCUT2D eigenvalue weighted by Crippen LogP contribution is -2.42. The van der Waals surface area contributed by atoms with Crippen LogP contribution in [-0.2, 0) is 17.8 Å². The second-order valence-electron chi connectivity index (χ2n) is 8.81. The summed E-state index contributed by atoms with van der Waals surface area (Å²) in [5.74, 6) is -2.33. The molecule has 0 saturated carbocycles. The summed E-state index contributed by atoms with van der Waals surface area (Å²) < 4.78 is 36.1. The van der Waals surface area contributed by atoms with E-state index in [0.717, 1.165) is 11.8 Å². The predicted octanol–water partition coefficient (Wildman–Crippen LogP) is 4.86. The van der Waals surface area contributed by atoms with Crippen molar-refractivity contribution in [2.24, 2.45) is 0 Å². The number of nitrogens with zero attached hydrogens (tertiary/aromatic N) is 6. The van der Waals surface area contributed by atoms with Gasteiger partial charge in [0.25, 0.3) is 0 Å². The minimum Gasteiger partial charge on any atom is -0.480 e. The van der Waals surface area contributed by atoms with Gasteiger partial charge < -0.3 is 14.5 Å². The van der Waals surface area contributed by atoms with E-state index >= 15 is 4.39 Å². The average Bonchev–Trinajstić information content (AvgIpc) is 3.60. The number of anilines is 2. The highest BCUT2D eigenvalue weighted by Crippen LogP contribution is 2.38. The van der Waals surface area contributed by atoms with E-state index < -0.39 is 17.8 Å². The van der Waals surface area contributed by atoms with Crippen molar-refractivity contribution in [3.8, 4) is 22.9 Å². The summed E-state index contributed by atoms with van der Waals surface area (Å²) in [5.41, 5.74) is 3.12. The Labute approximate surface area is 215 Å². The predicted molar refractivity (Wildman–Crippen MR) is 133 cm³/mol. The Morgan fingerprint density at radius 2 is 1.87 bits per heavy atom. The molecule has 3 aromatic heterocycles. The Kier molecular flexibility index (Phi) is 5.87. The highest BCUT2D eigenvalue weighted by Gasteiger charge is 2.35. The van der Waals surface area contributed by atoms with Gasteiger partial charge in [0.15, 0.2) is 17.5 Å². The summed E-state index contributed by atoms with van der Waals surface area (Å²) in [5, 5.41) is 18.5. The number of aryl methyl sites for hydroxylation is 1. The largest absolute Gasteiger partial charge is 0.480 e. The molecule has 1 aliphatic rings. The highest BCUT2D eigenvalue weighted by molar-refractivity contribution is 5.84. The lowest BCUT2D eigenvalue weighted by atomic mass is 9.95. The van der Waals surface area contributed by atoms with E-state index in [0.29, 0.717) is 35.5 Å². The molecule has 0 aliphatic carbocycles. The van der Waals surface area contributed by atoms with Gasteiger partial charge in [-0.1, -0.05) is 41.6 Å². The third-order valence-electron chi connectivity index (χ3n) is 6.48. The number of carbonyl (C=O) groups is 1. The summed E-state index contributed by atoms with van der Waals surface area (Å²) in [4.78, 5) is 22.1. The Hall–Kier alpha value is -4.93. The fourth-order valence-corrected chi connectivity index (χ4v) is 4.68. The first-order valence-corrected chi connectivity index (χ1v) is 11.8. The molecule has 1 aliphatic heterocycles. The second kappa shape index (κ2) is 9.51.